The van der Waals surface area contributed by atoms with Crippen molar-refractivity contribution in [3.05, 3.63) is 17.7 Å². The number of carbonyl (C=O) groups is 1. The normalized spacial score (nSPS) is 18.3. The van der Waals surface area contributed by atoms with E-state index < -0.39 is 0 Å². The number of hydrogen-bond donors (Lipinski definition) is 2. The quantitative estimate of drug-likeness (QED) is 0.643. The van der Waals surface area contributed by atoms with Crippen molar-refractivity contribution in [3.8, 4) is 11.5 Å². The van der Waals surface area contributed by atoms with Gasteiger partial charge in [0, 0.05) is 6.04 Å². The van der Waals surface area contributed by atoms with Gasteiger partial charge in [0.15, 0.2) is 11.5 Å². The molecule has 0 saturated carbocycles. The monoisotopic (exact) mass is 325 g/mol. The molecule has 1 aromatic carbocycles. The minimum Gasteiger partial charge on any atom is -0.453 e. The van der Waals surface area contributed by atoms with Crippen molar-refractivity contribution in [3.63, 3.8) is 0 Å². The number of amides is 1. The summed E-state index contributed by atoms with van der Waals surface area (Å²) >= 11 is 0. The highest BCUT2D eigenvalue weighted by molar-refractivity contribution is 7.18. The summed E-state index contributed by atoms with van der Waals surface area (Å²) in [6, 6.07) is 3.45. The van der Waals surface area contributed by atoms with Gasteiger partial charge in [-0.15, -0.1) is 0 Å². The number of piperidine rings is 1. The first-order chi connectivity index (χ1) is 10.6. The van der Waals surface area contributed by atoms with E-state index in [0.717, 1.165) is 30.8 Å². The van der Waals surface area contributed by atoms with E-state index in [0.29, 0.717) is 22.7 Å². The highest BCUT2D eigenvalue weighted by Gasteiger charge is 2.28. The fourth-order valence-electron chi connectivity index (χ4n) is 2.76. The molecular formula is C14H20N3O4P. The summed E-state index contributed by atoms with van der Waals surface area (Å²) in [5.74, 6) is 0.592. The van der Waals surface area contributed by atoms with Crippen molar-refractivity contribution < 1.29 is 19.5 Å². The molecule has 0 bridgehead atoms. The Morgan fingerprint density at radius 2 is 2.05 bits per heavy atom. The fraction of sp³-hybridized carbons (Fsp3) is 0.500. The summed E-state index contributed by atoms with van der Waals surface area (Å²) in [5, 5.41) is 12.6. The predicted molar refractivity (Wildman–Crippen MR) is 84.5 cm³/mol. The lowest BCUT2D eigenvalue weighted by atomic mass is 10.0. The van der Waals surface area contributed by atoms with Crippen LogP contribution in [0.5, 0.6) is 11.5 Å². The van der Waals surface area contributed by atoms with Gasteiger partial charge in [0.2, 0.25) is 6.79 Å². The highest BCUT2D eigenvalue weighted by atomic mass is 31.0. The van der Waals surface area contributed by atoms with Gasteiger partial charge in [0.25, 0.3) is 5.91 Å². The molecule has 0 spiro atoms. The maximum Gasteiger partial charge on any atom is 0.255 e. The van der Waals surface area contributed by atoms with Crippen LogP contribution in [0.25, 0.3) is 0 Å². The molecule has 2 aliphatic heterocycles. The first-order valence-electron chi connectivity index (χ1n) is 7.22. The summed E-state index contributed by atoms with van der Waals surface area (Å²) in [7, 11) is 4.22. The average molecular weight is 325 g/mol. The number of nitrogens with zero attached hydrogens (tertiary/aromatic N) is 2. The third-order valence-corrected chi connectivity index (χ3v) is 4.32. The Bertz CT molecular complexity index is 573. The SMILES string of the molecule is CN1CCC(NC(=O)c2ccc(N(O)P)c3c2OCO3)CC1. The zero-order valence-corrected chi connectivity index (χ0v) is 13.6. The van der Waals surface area contributed by atoms with Crippen LogP contribution in [0.3, 0.4) is 0 Å². The summed E-state index contributed by atoms with van der Waals surface area (Å²) < 4.78 is 10.8. The number of hydrogen-bond acceptors (Lipinski definition) is 6. The molecule has 1 atom stereocenters. The van der Waals surface area contributed by atoms with E-state index in [9.17, 15) is 10.0 Å². The molecule has 2 N–H and O–H groups in total. The maximum absolute atomic E-state index is 12.5. The van der Waals surface area contributed by atoms with Gasteiger partial charge in [-0.1, -0.05) is 0 Å². The Hall–Kier alpha value is -1.56. The standard InChI is InChI=1S/C14H20N3O4P/c1-16-6-4-9(5-7-16)15-14(18)10-2-3-11(17(19)22)13-12(10)20-8-21-13/h2-3,9,19H,4-8,22H2,1H3,(H,15,18). The van der Waals surface area contributed by atoms with Crippen molar-refractivity contribution in [1.29, 1.82) is 0 Å². The molecule has 120 valence electrons. The number of carbonyl (C=O) groups excluding carboxylic acids is 1. The minimum absolute atomic E-state index is 0.0410. The van der Waals surface area contributed by atoms with E-state index in [4.69, 9.17) is 9.47 Å². The molecule has 3 rings (SSSR count). The molecule has 0 radical (unpaired) electrons. The highest BCUT2D eigenvalue weighted by Crippen LogP contribution is 2.44. The summed E-state index contributed by atoms with van der Waals surface area (Å²) in [6.07, 6.45) is 1.88. The molecular weight excluding hydrogens is 305 g/mol. The molecule has 8 heteroatoms. The molecule has 0 aromatic heterocycles. The Kier molecular flexibility index (Phi) is 4.38. The Labute approximate surface area is 131 Å². The molecule has 2 aliphatic rings. The third kappa shape index (κ3) is 2.97. The molecule has 1 aromatic rings. The van der Waals surface area contributed by atoms with E-state index >= 15 is 0 Å². The van der Waals surface area contributed by atoms with E-state index in [1.807, 2.05) is 0 Å². The minimum atomic E-state index is -0.170. The number of likely N-dealkylation sites (tertiary alicyclic amines) is 1. The van der Waals surface area contributed by atoms with Crippen LogP contribution < -0.4 is 19.6 Å². The second kappa shape index (κ2) is 6.28. The fourth-order valence-corrected chi connectivity index (χ4v) is 2.96. The van der Waals surface area contributed by atoms with Crippen LogP contribution in [0.4, 0.5) is 5.69 Å². The number of benzene rings is 1. The van der Waals surface area contributed by atoms with Crippen molar-refractivity contribution in [2.24, 2.45) is 0 Å². The maximum atomic E-state index is 12.5. The van der Waals surface area contributed by atoms with Crippen LogP contribution >= 0.6 is 9.39 Å². The van der Waals surface area contributed by atoms with E-state index in [1.165, 1.54) is 0 Å². The van der Waals surface area contributed by atoms with Gasteiger partial charge in [-0.25, -0.2) is 4.83 Å². The summed E-state index contributed by atoms with van der Waals surface area (Å²) in [6.45, 7) is 2.00. The first-order valence-corrected chi connectivity index (χ1v) is 7.73. The topological polar surface area (TPSA) is 74.3 Å². The predicted octanol–water partition coefficient (Wildman–Crippen LogP) is 1.22. The van der Waals surface area contributed by atoms with Crippen LogP contribution in [0.1, 0.15) is 23.2 Å². The number of rotatable bonds is 3. The smallest absolute Gasteiger partial charge is 0.255 e. The molecule has 1 saturated heterocycles. The van der Waals surface area contributed by atoms with Gasteiger partial charge in [-0.2, -0.15) is 0 Å². The number of nitrogens with one attached hydrogen (secondary N) is 1. The Morgan fingerprint density at radius 3 is 2.73 bits per heavy atom. The zero-order valence-electron chi connectivity index (χ0n) is 12.4. The first kappa shape index (κ1) is 15.3. The van der Waals surface area contributed by atoms with Gasteiger partial charge in [0.05, 0.1) is 5.56 Å². The van der Waals surface area contributed by atoms with Gasteiger partial charge in [-0.3, -0.25) is 10.0 Å². The number of anilines is 1. The molecule has 2 heterocycles. The van der Waals surface area contributed by atoms with Crippen LogP contribution in [0, 0.1) is 0 Å². The molecule has 0 aliphatic carbocycles. The second-order valence-electron chi connectivity index (χ2n) is 5.59. The summed E-state index contributed by atoms with van der Waals surface area (Å²) in [5.41, 5.74) is 0.871. The van der Waals surface area contributed by atoms with Crippen molar-refractivity contribution >= 4 is 21.0 Å². The van der Waals surface area contributed by atoms with Crippen molar-refractivity contribution in [2.45, 2.75) is 18.9 Å². The molecule has 22 heavy (non-hydrogen) atoms. The largest absolute Gasteiger partial charge is 0.453 e. The number of fused-ring (bicyclic) bond motifs is 1. The van der Waals surface area contributed by atoms with E-state index in [2.05, 4.69) is 26.7 Å². The third-order valence-electron chi connectivity index (χ3n) is 4.04. The average Bonchev–Trinajstić information content (AvgIpc) is 2.97. The van der Waals surface area contributed by atoms with Crippen LogP contribution in [-0.2, 0) is 0 Å². The molecule has 1 amide bonds. The van der Waals surface area contributed by atoms with Crippen LogP contribution in [0.15, 0.2) is 12.1 Å². The Balaban J connectivity index is 1.77. The lowest BCUT2D eigenvalue weighted by Crippen LogP contribution is -2.43. The number of ether oxygens (including phenoxy) is 2. The molecule has 1 unspecified atom stereocenters. The molecule has 1 fully saturated rings. The van der Waals surface area contributed by atoms with Crippen molar-refractivity contribution in [2.75, 3.05) is 31.8 Å². The second-order valence-corrected chi connectivity index (χ2v) is 6.08. The van der Waals surface area contributed by atoms with E-state index in [-0.39, 0.29) is 18.7 Å². The van der Waals surface area contributed by atoms with Gasteiger partial charge in [0.1, 0.15) is 5.69 Å². The lowest BCUT2D eigenvalue weighted by molar-refractivity contribution is 0.0912. The molecule has 7 nitrogen and oxygen atoms in total. The zero-order chi connectivity index (χ0) is 15.7. The summed E-state index contributed by atoms with van der Waals surface area (Å²) in [4.78, 5) is 15.6. The van der Waals surface area contributed by atoms with Gasteiger partial charge in [-0.05, 0) is 54.5 Å². The van der Waals surface area contributed by atoms with E-state index in [1.54, 1.807) is 12.1 Å². The van der Waals surface area contributed by atoms with Crippen LogP contribution in [0.2, 0.25) is 0 Å². The Morgan fingerprint density at radius 1 is 1.36 bits per heavy atom. The van der Waals surface area contributed by atoms with Gasteiger partial charge >= 0.3 is 0 Å². The van der Waals surface area contributed by atoms with Gasteiger partial charge < -0.3 is 19.7 Å². The van der Waals surface area contributed by atoms with Crippen LogP contribution in [-0.4, -0.2) is 49.0 Å². The lowest BCUT2D eigenvalue weighted by Gasteiger charge is -2.29. The van der Waals surface area contributed by atoms with Crippen molar-refractivity contribution in [1.82, 2.24) is 10.2 Å².